The maximum Gasteiger partial charge on any atom is 0.339 e. The monoisotopic (exact) mass is 423 g/mol. The highest BCUT2D eigenvalue weighted by atomic mass is 35.5. The van der Waals surface area contributed by atoms with Crippen LogP contribution in [0.3, 0.4) is 0 Å². The molecule has 152 valence electrons. The van der Waals surface area contributed by atoms with Crippen molar-refractivity contribution in [3.05, 3.63) is 110 Å². The zero-order valence-corrected chi connectivity index (χ0v) is 17.1. The number of hydrogen-bond acceptors (Lipinski definition) is 5. The Bertz CT molecular complexity index is 1130. The molecule has 0 heterocycles. The van der Waals surface area contributed by atoms with Gasteiger partial charge in [0.1, 0.15) is 5.02 Å². The van der Waals surface area contributed by atoms with Gasteiger partial charge in [0.05, 0.1) is 10.5 Å². The van der Waals surface area contributed by atoms with Crippen LogP contribution >= 0.6 is 11.6 Å². The second-order valence-corrected chi connectivity index (χ2v) is 7.19. The second kappa shape index (κ2) is 8.88. The summed E-state index contributed by atoms with van der Waals surface area (Å²) in [5.41, 5.74) is 2.39. The molecule has 0 aromatic heterocycles. The maximum absolute atomic E-state index is 13.2. The predicted octanol–water partition coefficient (Wildman–Crippen LogP) is 5.65. The van der Waals surface area contributed by atoms with Gasteiger partial charge >= 0.3 is 5.97 Å². The lowest BCUT2D eigenvalue weighted by Crippen LogP contribution is -2.20. The highest BCUT2D eigenvalue weighted by molar-refractivity contribution is 6.32. The van der Waals surface area contributed by atoms with Gasteiger partial charge in [0.25, 0.3) is 5.69 Å². The van der Waals surface area contributed by atoms with Gasteiger partial charge in [-0.3, -0.25) is 14.9 Å². The van der Waals surface area contributed by atoms with E-state index in [1.165, 1.54) is 12.1 Å². The van der Waals surface area contributed by atoms with Gasteiger partial charge in [0, 0.05) is 17.2 Å². The standard InChI is InChI=1S/C23H18ClNO5/c1-14-8-9-17(12-15(14)2)21(26)22(16-6-4-3-5-7-16)30-23(27)18-10-11-19(24)20(13-18)25(28)29/h3-13,22H,1-2H3/t22-/m0/s1. The van der Waals surface area contributed by atoms with Crippen molar-refractivity contribution in [3.63, 3.8) is 0 Å². The molecule has 0 spiro atoms. The van der Waals surface area contributed by atoms with Crippen molar-refractivity contribution < 1.29 is 19.2 Å². The van der Waals surface area contributed by atoms with Crippen LogP contribution in [-0.2, 0) is 4.74 Å². The van der Waals surface area contributed by atoms with Crippen LogP contribution in [0.5, 0.6) is 0 Å². The highest BCUT2D eigenvalue weighted by Crippen LogP contribution is 2.28. The van der Waals surface area contributed by atoms with Crippen LogP contribution in [0, 0.1) is 24.0 Å². The van der Waals surface area contributed by atoms with E-state index in [2.05, 4.69) is 0 Å². The number of nitro benzene ring substituents is 1. The lowest BCUT2D eigenvalue weighted by atomic mass is 9.97. The molecule has 0 amide bonds. The molecule has 0 aliphatic rings. The third kappa shape index (κ3) is 4.55. The largest absolute Gasteiger partial charge is 0.445 e. The van der Waals surface area contributed by atoms with Gasteiger partial charge in [-0.25, -0.2) is 4.79 Å². The number of Topliss-reactive ketones (excluding diaryl/α,β-unsaturated/α-hetero) is 1. The molecule has 3 aromatic carbocycles. The summed E-state index contributed by atoms with van der Waals surface area (Å²) in [6.07, 6.45) is -1.20. The van der Waals surface area contributed by atoms with E-state index in [1.807, 2.05) is 19.9 Å². The summed E-state index contributed by atoms with van der Waals surface area (Å²) in [4.78, 5) is 36.4. The summed E-state index contributed by atoms with van der Waals surface area (Å²) >= 11 is 5.81. The van der Waals surface area contributed by atoms with Crippen LogP contribution in [0.1, 0.15) is 43.5 Å². The van der Waals surface area contributed by atoms with Gasteiger partial charge < -0.3 is 4.74 Å². The third-order valence-electron chi connectivity index (χ3n) is 4.74. The Hall–Kier alpha value is -3.51. The SMILES string of the molecule is Cc1ccc(C(=O)[C@@H](OC(=O)c2ccc(Cl)c([N+](=O)[O-])c2)c2ccccc2)cc1C. The number of ketones is 1. The molecule has 0 saturated heterocycles. The van der Waals surface area contributed by atoms with Crippen molar-refractivity contribution >= 4 is 29.0 Å². The Morgan fingerprint density at radius 2 is 1.60 bits per heavy atom. The minimum absolute atomic E-state index is 0.0695. The minimum Gasteiger partial charge on any atom is -0.445 e. The summed E-state index contributed by atoms with van der Waals surface area (Å²) in [6.45, 7) is 3.83. The van der Waals surface area contributed by atoms with Gasteiger partial charge in [-0.1, -0.05) is 54.1 Å². The Morgan fingerprint density at radius 3 is 2.23 bits per heavy atom. The first-order valence-corrected chi connectivity index (χ1v) is 9.47. The number of carbonyl (C=O) groups excluding carboxylic acids is 2. The summed E-state index contributed by atoms with van der Waals surface area (Å²) < 4.78 is 5.53. The first-order valence-electron chi connectivity index (χ1n) is 9.09. The molecule has 0 fully saturated rings. The summed E-state index contributed by atoms with van der Waals surface area (Å²) in [7, 11) is 0. The van der Waals surface area contributed by atoms with E-state index >= 15 is 0 Å². The fraction of sp³-hybridized carbons (Fsp3) is 0.130. The number of nitrogens with zero attached hydrogens (tertiary/aromatic N) is 1. The van der Waals surface area contributed by atoms with Crippen LogP contribution in [-0.4, -0.2) is 16.7 Å². The molecule has 0 aliphatic carbocycles. The number of nitro groups is 1. The maximum atomic E-state index is 13.2. The summed E-state index contributed by atoms with van der Waals surface area (Å²) in [6, 6.07) is 17.5. The Balaban J connectivity index is 1.97. The van der Waals surface area contributed by atoms with Crippen molar-refractivity contribution in [2.24, 2.45) is 0 Å². The topological polar surface area (TPSA) is 86.5 Å². The van der Waals surface area contributed by atoms with Gasteiger partial charge in [0.2, 0.25) is 5.78 Å². The molecule has 0 bridgehead atoms. The van der Waals surface area contributed by atoms with Crippen molar-refractivity contribution in [2.75, 3.05) is 0 Å². The minimum atomic E-state index is -1.20. The van der Waals surface area contributed by atoms with Crippen molar-refractivity contribution in [1.82, 2.24) is 0 Å². The number of aryl methyl sites for hydroxylation is 2. The number of halogens is 1. The van der Waals surface area contributed by atoms with Gasteiger partial charge in [-0.15, -0.1) is 0 Å². The van der Waals surface area contributed by atoms with Crippen LogP contribution in [0.25, 0.3) is 0 Å². The van der Waals surface area contributed by atoms with E-state index in [4.69, 9.17) is 16.3 Å². The zero-order chi connectivity index (χ0) is 21.8. The average molecular weight is 424 g/mol. The number of hydrogen-bond donors (Lipinski definition) is 0. The number of benzene rings is 3. The Kier molecular flexibility index (Phi) is 6.28. The molecule has 0 N–H and O–H groups in total. The van der Waals surface area contributed by atoms with Gasteiger partial charge in [-0.05, 0) is 43.2 Å². The molecule has 6 nitrogen and oxygen atoms in total. The molecule has 3 aromatic rings. The van der Waals surface area contributed by atoms with Crippen molar-refractivity contribution in [2.45, 2.75) is 20.0 Å². The molecule has 0 aliphatic heterocycles. The molecule has 0 saturated carbocycles. The average Bonchev–Trinajstić information content (AvgIpc) is 2.74. The third-order valence-corrected chi connectivity index (χ3v) is 5.05. The van der Waals surface area contributed by atoms with Gasteiger partial charge in [-0.2, -0.15) is 0 Å². The van der Waals surface area contributed by atoms with Crippen LogP contribution in [0.2, 0.25) is 5.02 Å². The second-order valence-electron chi connectivity index (χ2n) is 6.78. The smallest absolute Gasteiger partial charge is 0.339 e. The Morgan fingerprint density at radius 1 is 0.933 bits per heavy atom. The van der Waals surface area contributed by atoms with E-state index in [9.17, 15) is 19.7 Å². The Labute approximate surface area is 178 Å². The molecule has 3 rings (SSSR count). The van der Waals surface area contributed by atoms with Crippen LogP contribution in [0.15, 0.2) is 66.7 Å². The van der Waals surface area contributed by atoms with E-state index in [-0.39, 0.29) is 16.4 Å². The number of esters is 1. The predicted molar refractivity (Wildman–Crippen MR) is 113 cm³/mol. The van der Waals surface area contributed by atoms with E-state index < -0.39 is 22.7 Å². The van der Waals surface area contributed by atoms with Crippen LogP contribution < -0.4 is 0 Å². The van der Waals surface area contributed by atoms with E-state index in [1.54, 1.807) is 42.5 Å². The van der Waals surface area contributed by atoms with E-state index in [0.717, 1.165) is 17.2 Å². The van der Waals surface area contributed by atoms with Gasteiger partial charge in [0.15, 0.2) is 6.10 Å². The van der Waals surface area contributed by atoms with E-state index in [0.29, 0.717) is 11.1 Å². The normalized spacial score (nSPS) is 11.6. The first-order chi connectivity index (χ1) is 14.3. The summed E-state index contributed by atoms with van der Waals surface area (Å²) in [5, 5.41) is 11.0. The highest BCUT2D eigenvalue weighted by Gasteiger charge is 2.28. The number of carbonyl (C=O) groups is 2. The quantitative estimate of drug-likeness (QED) is 0.221. The molecule has 0 unspecified atom stereocenters. The lowest BCUT2D eigenvalue weighted by Gasteiger charge is -2.18. The lowest BCUT2D eigenvalue weighted by molar-refractivity contribution is -0.384. The first kappa shape index (κ1) is 21.2. The molecule has 7 heteroatoms. The molecule has 0 radical (unpaired) electrons. The number of ether oxygens (including phenoxy) is 1. The molecular weight excluding hydrogens is 406 g/mol. The van der Waals surface area contributed by atoms with Crippen molar-refractivity contribution in [1.29, 1.82) is 0 Å². The number of rotatable bonds is 6. The molecule has 1 atom stereocenters. The fourth-order valence-electron chi connectivity index (χ4n) is 2.90. The molecular formula is C23H18ClNO5. The summed E-state index contributed by atoms with van der Waals surface area (Å²) in [5.74, 6) is -1.25. The molecule has 30 heavy (non-hydrogen) atoms. The fourth-order valence-corrected chi connectivity index (χ4v) is 3.09. The van der Waals surface area contributed by atoms with Crippen LogP contribution in [0.4, 0.5) is 5.69 Å². The van der Waals surface area contributed by atoms with Crippen molar-refractivity contribution in [3.8, 4) is 0 Å². The zero-order valence-electron chi connectivity index (χ0n) is 16.3.